The van der Waals surface area contributed by atoms with Crippen LogP contribution in [0.15, 0.2) is 12.7 Å². The SMILES string of the molecule is C=CCC(CCCCCCC)P(=O)(OCC)OCC. The van der Waals surface area contributed by atoms with Gasteiger partial charge in [-0.25, -0.2) is 0 Å². The number of hydrogen-bond donors (Lipinski definition) is 0. The molecule has 0 aromatic rings. The highest BCUT2D eigenvalue weighted by molar-refractivity contribution is 7.54. The lowest BCUT2D eigenvalue weighted by atomic mass is 10.1. The summed E-state index contributed by atoms with van der Waals surface area (Å²) in [6.07, 6.45) is 9.47. The van der Waals surface area contributed by atoms with Crippen molar-refractivity contribution in [3.05, 3.63) is 12.7 Å². The average molecular weight is 290 g/mol. The summed E-state index contributed by atoms with van der Waals surface area (Å²) in [5.74, 6) is 0. The fourth-order valence-corrected chi connectivity index (χ4v) is 4.31. The standard InChI is InChI=1S/C15H31O3P/c1-5-9-10-11-12-14-15(13-6-2)19(16,17-7-3)18-8-4/h6,15H,2,5,7-14H2,1,3-4H3. The quantitative estimate of drug-likeness (QED) is 0.253. The highest BCUT2D eigenvalue weighted by Crippen LogP contribution is 2.55. The Balaban J connectivity index is 4.39. The van der Waals surface area contributed by atoms with Crippen LogP contribution in [0, 0.1) is 0 Å². The van der Waals surface area contributed by atoms with E-state index >= 15 is 0 Å². The van der Waals surface area contributed by atoms with Crippen LogP contribution in [0.2, 0.25) is 0 Å². The molecule has 0 heterocycles. The molecule has 0 radical (unpaired) electrons. The van der Waals surface area contributed by atoms with Crippen molar-refractivity contribution >= 4 is 7.60 Å². The van der Waals surface area contributed by atoms with Crippen molar-refractivity contribution in [2.45, 2.75) is 71.4 Å². The van der Waals surface area contributed by atoms with Crippen molar-refractivity contribution < 1.29 is 13.6 Å². The molecule has 114 valence electrons. The van der Waals surface area contributed by atoms with Crippen LogP contribution in [0.25, 0.3) is 0 Å². The first-order chi connectivity index (χ1) is 9.14. The van der Waals surface area contributed by atoms with Crippen LogP contribution in [0.4, 0.5) is 0 Å². The minimum absolute atomic E-state index is 0.0356. The molecule has 0 saturated heterocycles. The largest absolute Gasteiger partial charge is 0.334 e. The first-order valence-corrected chi connectivity index (χ1v) is 9.25. The maximum atomic E-state index is 12.7. The lowest BCUT2D eigenvalue weighted by Crippen LogP contribution is -2.13. The van der Waals surface area contributed by atoms with Crippen molar-refractivity contribution in [1.82, 2.24) is 0 Å². The second-order valence-corrected chi connectivity index (χ2v) is 7.08. The maximum Gasteiger partial charge on any atom is 0.334 e. The number of unbranched alkanes of at least 4 members (excludes halogenated alkanes) is 4. The van der Waals surface area contributed by atoms with E-state index in [0.29, 0.717) is 19.6 Å². The van der Waals surface area contributed by atoms with Gasteiger partial charge in [0.2, 0.25) is 0 Å². The van der Waals surface area contributed by atoms with E-state index in [-0.39, 0.29) is 5.66 Å². The molecule has 4 heteroatoms. The average Bonchev–Trinajstić information content (AvgIpc) is 2.38. The summed E-state index contributed by atoms with van der Waals surface area (Å²) in [4.78, 5) is 0. The molecule has 0 bridgehead atoms. The molecule has 0 spiro atoms. The van der Waals surface area contributed by atoms with Gasteiger partial charge < -0.3 is 9.05 Å². The van der Waals surface area contributed by atoms with Crippen molar-refractivity contribution in [3.8, 4) is 0 Å². The van der Waals surface area contributed by atoms with E-state index in [1.165, 1.54) is 25.7 Å². The van der Waals surface area contributed by atoms with Gasteiger partial charge in [0.1, 0.15) is 0 Å². The van der Waals surface area contributed by atoms with Gasteiger partial charge in [-0.15, -0.1) is 6.58 Å². The summed E-state index contributed by atoms with van der Waals surface area (Å²) in [7, 11) is -2.97. The fourth-order valence-electron chi connectivity index (χ4n) is 2.19. The van der Waals surface area contributed by atoms with Gasteiger partial charge in [-0.05, 0) is 26.7 Å². The van der Waals surface area contributed by atoms with Crippen LogP contribution in [0.5, 0.6) is 0 Å². The van der Waals surface area contributed by atoms with Gasteiger partial charge in [0.25, 0.3) is 0 Å². The van der Waals surface area contributed by atoms with E-state index in [9.17, 15) is 4.57 Å². The van der Waals surface area contributed by atoms with Crippen LogP contribution < -0.4 is 0 Å². The molecular weight excluding hydrogens is 259 g/mol. The molecule has 0 fully saturated rings. The van der Waals surface area contributed by atoms with Crippen molar-refractivity contribution in [3.63, 3.8) is 0 Å². The molecule has 0 aliphatic carbocycles. The third kappa shape index (κ3) is 7.91. The number of hydrogen-bond acceptors (Lipinski definition) is 3. The van der Waals surface area contributed by atoms with Crippen molar-refractivity contribution in [2.75, 3.05) is 13.2 Å². The zero-order valence-electron chi connectivity index (χ0n) is 12.9. The minimum atomic E-state index is -2.97. The van der Waals surface area contributed by atoms with Gasteiger partial charge in [-0.1, -0.05) is 45.1 Å². The normalized spacial score (nSPS) is 13.4. The Bertz CT molecular complexity index is 256. The summed E-state index contributed by atoms with van der Waals surface area (Å²) in [6.45, 7) is 10.5. The van der Waals surface area contributed by atoms with Gasteiger partial charge in [-0.2, -0.15) is 0 Å². The van der Waals surface area contributed by atoms with Crippen LogP contribution in [0.3, 0.4) is 0 Å². The molecule has 0 aliphatic heterocycles. The predicted molar refractivity (Wildman–Crippen MR) is 82.8 cm³/mol. The zero-order valence-corrected chi connectivity index (χ0v) is 13.8. The zero-order chi connectivity index (χ0) is 14.6. The van der Waals surface area contributed by atoms with Crippen LogP contribution in [-0.2, 0) is 13.6 Å². The molecular formula is C15H31O3P. The van der Waals surface area contributed by atoms with Gasteiger partial charge in [0, 0.05) is 0 Å². The second-order valence-electron chi connectivity index (χ2n) is 4.76. The predicted octanol–water partition coefficient (Wildman–Crippen LogP) is 5.56. The molecule has 1 unspecified atom stereocenters. The third-order valence-electron chi connectivity index (χ3n) is 3.14. The van der Waals surface area contributed by atoms with E-state index in [1.807, 2.05) is 19.9 Å². The Labute approximate surface area is 119 Å². The summed E-state index contributed by atoms with van der Waals surface area (Å²) in [5, 5.41) is 0. The molecule has 0 aromatic heterocycles. The smallest absolute Gasteiger partial charge is 0.309 e. The van der Waals surface area contributed by atoms with Crippen LogP contribution >= 0.6 is 7.60 Å². The van der Waals surface area contributed by atoms with E-state index in [2.05, 4.69) is 13.5 Å². The second kappa shape index (κ2) is 11.7. The molecule has 19 heavy (non-hydrogen) atoms. The molecule has 0 saturated carbocycles. The summed E-state index contributed by atoms with van der Waals surface area (Å²) < 4.78 is 23.6. The van der Waals surface area contributed by atoms with Gasteiger partial charge in [0.15, 0.2) is 0 Å². The van der Waals surface area contributed by atoms with Crippen molar-refractivity contribution in [1.29, 1.82) is 0 Å². The summed E-state index contributed by atoms with van der Waals surface area (Å²) in [6, 6.07) is 0. The molecule has 0 N–H and O–H groups in total. The van der Waals surface area contributed by atoms with Crippen LogP contribution in [-0.4, -0.2) is 18.9 Å². The molecule has 1 atom stereocenters. The Morgan fingerprint density at radius 3 is 2.11 bits per heavy atom. The highest BCUT2D eigenvalue weighted by atomic mass is 31.2. The highest BCUT2D eigenvalue weighted by Gasteiger charge is 2.33. The first kappa shape index (κ1) is 18.9. The van der Waals surface area contributed by atoms with E-state index in [1.54, 1.807) is 0 Å². The van der Waals surface area contributed by atoms with Crippen LogP contribution in [0.1, 0.15) is 65.7 Å². The molecule has 0 aromatic carbocycles. The molecule has 0 rings (SSSR count). The summed E-state index contributed by atoms with van der Waals surface area (Å²) >= 11 is 0. The molecule has 0 aliphatic rings. The maximum absolute atomic E-state index is 12.7. The van der Waals surface area contributed by atoms with Crippen molar-refractivity contribution in [2.24, 2.45) is 0 Å². The lowest BCUT2D eigenvalue weighted by Gasteiger charge is -2.25. The molecule has 0 amide bonds. The summed E-state index contributed by atoms with van der Waals surface area (Å²) in [5.41, 5.74) is -0.0356. The minimum Gasteiger partial charge on any atom is -0.309 e. The van der Waals surface area contributed by atoms with Gasteiger partial charge in [-0.3, -0.25) is 4.57 Å². The Kier molecular flexibility index (Phi) is 11.6. The Hall–Kier alpha value is -0.110. The van der Waals surface area contributed by atoms with E-state index in [0.717, 1.165) is 12.8 Å². The fraction of sp³-hybridized carbons (Fsp3) is 0.867. The van der Waals surface area contributed by atoms with E-state index in [4.69, 9.17) is 9.05 Å². The Morgan fingerprint density at radius 1 is 1.05 bits per heavy atom. The number of rotatable bonds is 13. The van der Waals surface area contributed by atoms with E-state index < -0.39 is 7.60 Å². The third-order valence-corrected chi connectivity index (χ3v) is 5.74. The molecule has 3 nitrogen and oxygen atoms in total. The number of allylic oxidation sites excluding steroid dienone is 1. The van der Waals surface area contributed by atoms with Gasteiger partial charge in [0.05, 0.1) is 18.9 Å². The topological polar surface area (TPSA) is 35.5 Å². The monoisotopic (exact) mass is 290 g/mol. The van der Waals surface area contributed by atoms with Gasteiger partial charge >= 0.3 is 7.60 Å². The lowest BCUT2D eigenvalue weighted by molar-refractivity contribution is 0.210. The Morgan fingerprint density at radius 2 is 1.63 bits per heavy atom. The first-order valence-electron chi connectivity index (χ1n) is 7.64.